The minimum Gasteiger partial charge on any atom is -0.361 e. The number of rotatable bonds is 2. The first kappa shape index (κ1) is 19.9. The lowest BCUT2D eigenvalue weighted by Gasteiger charge is -2.43. The van der Waals surface area contributed by atoms with Crippen LogP contribution < -0.4 is 0 Å². The van der Waals surface area contributed by atoms with Crippen LogP contribution in [0.25, 0.3) is 10.9 Å². The number of para-hydroxylation sites is 1. The summed E-state index contributed by atoms with van der Waals surface area (Å²) in [6.07, 6.45) is 3.12. The van der Waals surface area contributed by atoms with E-state index in [9.17, 15) is 9.59 Å². The van der Waals surface area contributed by atoms with Crippen molar-refractivity contribution in [2.45, 2.75) is 32.2 Å². The molecule has 160 valence electrons. The highest BCUT2D eigenvalue weighted by molar-refractivity contribution is 6.02. The molecule has 31 heavy (non-hydrogen) atoms. The minimum atomic E-state index is -0.421. The average Bonchev–Trinajstić information content (AvgIpc) is 3.19. The van der Waals surface area contributed by atoms with Crippen molar-refractivity contribution in [3.8, 4) is 0 Å². The van der Waals surface area contributed by atoms with Crippen LogP contribution in [0.4, 0.5) is 0 Å². The van der Waals surface area contributed by atoms with Crippen LogP contribution in [-0.2, 0) is 4.79 Å². The van der Waals surface area contributed by atoms with E-state index in [2.05, 4.69) is 24.9 Å². The van der Waals surface area contributed by atoms with Crippen molar-refractivity contribution < 1.29 is 9.59 Å². The van der Waals surface area contributed by atoms with Crippen molar-refractivity contribution in [3.05, 3.63) is 71.4 Å². The number of H-pyrrole nitrogens is 1. The van der Waals surface area contributed by atoms with E-state index in [0.717, 1.165) is 41.5 Å². The van der Waals surface area contributed by atoms with E-state index in [1.807, 2.05) is 60.6 Å². The lowest BCUT2D eigenvalue weighted by Crippen LogP contribution is -2.50. The van der Waals surface area contributed by atoms with Crippen molar-refractivity contribution in [3.63, 3.8) is 0 Å². The fourth-order valence-electron chi connectivity index (χ4n) is 5.71. The zero-order chi connectivity index (χ0) is 21.7. The molecule has 2 amide bonds. The normalized spacial score (nSPS) is 26.2. The van der Waals surface area contributed by atoms with Gasteiger partial charge in [0.1, 0.15) is 0 Å². The molecule has 5 rings (SSSR count). The second-order valence-electron chi connectivity index (χ2n) is 9.40. The highest BCUT2D eigenvalue weighted by Crippen LogP contribution is 2.45. The number of amides is 2. The molecule has 0 bridgehead atoms. The number of aromatic nitrogens is 1. The number of fused-ring (bicyclic) bond motifs is 2. The summed E-state index contributed by atoms with van der Waals surface area (Å²) in [7, 11) is 1.83. The van der Waals surface area contributed by atoms with E-state index >= 15 is 0 Å². The van der Waals surface area contributed by atoms with Crippen LogP contribution in [0.1, 0.15) is 53.7 Å². The van der Waals surface area contributed by atoms with Gasteiger partial charge < -0.3 is 14.8 Å². The summed E-state index contributed by atoms with van der Waals surface area (Å²) in [5, 5.41) is 1.06. The third-order valence-corrected chi connectivity index (χ3v) is 6.97. The summed E-state index contributed by atoms with van der Waals surface area (Å²) >= 11 is 0. The van der Waals surface area contributed by atoms with Crippen molar-refractivity contribution in [1.82, 2.24) is 14.8 Å². The van der Waals surface area contributed by atoms with Crippen LogP contribution in [0.15, 0.2) is 54.7 Å². The van der Waals surface area contributed by atoms with Gasteiger partial charge in [-0.2, -0.15) is 0 Å². The standard InChI is InChI=1S/C26H29N3O2/c1-16-12-17(2)15-29(14-16)26(31)23-19-9-4-5-10-20(19)25(30)28(3)24(23)21-13-27-22-11-7-6-8-18(21)22/h4-11,13,16-17,23-24,27H,12,14-15H2,1-3H3/t16-,17+,23-,24-/m0/s1. The van der Waals surface area contributed by atoms with E-state index in [0.29, 0.717) is 17.4 Å². The molecular weight excluding hydrogens is 386 g/mol. The summed E-state index contributed by atoms with van der Waals surface area (Å²) < 4.78 is 0. The molecule has 4 atom stereocenters. The zero-order valence-corrected chi connectivity index (χ0v) is 18.3. The predicted molar refractivity (Wildman–Crippen MR) is 122 cm³/mol. The first-order valence-corrected chi connectivity index (χ1v) is 11.2. The van der Waals surface area contributed by atoms with Crippen LogP contribution in [0.5, 0.6) is 0 Å². The van der Waals surface area contributed by atoms with Gasteiger partial charge in [0.05, 0.1) is 12.0 Å². The predicted octanol–water partition coefficient (Wildman–Crippen LogP) is 4.58. The second-order valence-corrected chi connectivity index (χ2v) is 9.40. The summed E-state index contributed by atoms with van der Waals surface area (Å²) in [6.45, 7) is 6.00. The maximum absolute atomic E-state index is 14.1. The molecule has 5 heteroatoms. The van der Waals surface area contributed by atoms with E-state index in [-0.39, 0.29) is 17.9 Å². The SMILES string of the molecule is C[C@@H]1C[C@H](C)CN(C(=O)[C@H]2c3ccccc3C(=O)N(C)[C@H]2c2c[nH]c3ccccc23)C1. The van der Waals surface area contributed by atoms with Gasteiger partial charge in [-0.15, -0.1) is 0 Å². The molecule has 2 aliphatic heterocycles. The Morgan fingerprint density at radius 3 is 2.42 bits per heavy atom. The Labute approximate surface area is 183 Å². The third-order valence-electron chi connectivity index (χ3n) is 6.97. The number of likely N-dealkylation sites (tertiary alicyclic amines) is 1. The Morgan fingerprint density at radius 2 is 1.65 bits per heavy atom. The molecule has 5 nitrogen and oxygen atoms in total. The average molecular weight is 416 g/mol. The largest absolute Gasteiger partial charge is 0.361 e. The fourth-order valence-corrected chi connectivity index (χ4v) is 5.71. The minimum absolute atomic E-state index is 0.0321. The number of nitrogens with one attached hydrogen (secondary N) is 1. The van der Waals surface area contributed by atoms with Crippen molar-refractivity contribution >= 4 is 22.7 Å². The van der Waals surface area contributed by atoms with Gasteiger partial charge in [-0.25, -0.2) is 0 Å². The molecule has 1 aromatic heterocycles. The molecular formula is C26H29N3O2. The van der Waals surface area contributed by atoms with E-state index < -0.39 is 5.92 Å². The molecule has 0 aliphatic carbocycles. The van der Waals surface area contributed by atoms with Crippen LogP contribution in [0, 0.1) is 11.8 Å². The number of carbonyl (C=O) groups is 2. The summed E-state index contributed by atoms with van der Waals surface area (Å²) in [4.78, 5) is 34.5. The lowest BCUT2D eigenvalue weighted by atomic mass is 9.78. The molecule has 0 unspecified atom stereocenters. The summed E-state index contributed by atoms with van der Waals surface area (Å²) in [6, 6.07) is 15.4. The second kappa shape index (κ2) is 7.56. The third kappa shape index (κ3) is 3.23. The number of benzene rings is 2. The molecule has 3 aromatic rings. The monoisotopic (exact) mass is 415 g/mol. The molecule has 0 radical (unpaired) electrons. The number of hydrogen-bond acceptors (Lipinski definition) is 2. The molecule has 1 N–H and O–H groups in total. The maximum Gasteiger partial charge on any atom is 0.254 e. The Balaban J connectivity index is 1.66. The lowest BCUT2D eigenvalue weighted by molar-refractivity contribution is -0.137. The van der Waals surface area contributed by atoms with Gasteiger partial charge in [-0.1, -0.05) is 50.2 Å². The van der Waals surface area contributed by atoms with Gasteiger partial charge >= 0.3 is 0 Å². The molecule has 0 saturated carbocycles. The molecule has 0 spiro atoms. The Hall–Kier alpha value is -3.08. The van der Waals surface area contributed by atoms with E-state index in [1.54, 1.807) is 4.90 Å². The fraction of sp³-hybridized carbons (Fsp3) is 0.385. The van der Waals surface area contributed by atoms with Crippen LogP contribution >= 0.6 is 0 Å². The van der Waals surface area contributed by atoms with Crippen LogP contribution in [0.2, 0.25) is 0 Å². The van der Waals surface area contributed by atoms with E-state index in [1.165, 1.54) is 0 Å². The van der Waals surface area contributed by atoms with Gasteiger partial charge in [0.25, 0.3) is 5.91 Å². The summed E-state index contributed by atoms with van der Waals surface area (Å²) in [5.41, 5.74) is 3.50. The van der Waals surface area contributed by atoms with Gasteiger partial charge in [-0.3, -0.25) is 9.59 Å². The van der Waals surface area contributed by atoms with Crippen molar-refractivity contribution in [2.75, 3.05) is 20.1 Å². The van der Waals surface area contributed by atoms with E-state index in [4.69, 9.17) is 0 Å². The van der Waals surface area contributed by atoms with Crippen LogP contribution in [-0.4, -0.2) is 46.7 Å². The maximum atomic E-state index is 14.1. The molecule has 2 aliphatic rings. The number of piperidine rings is 1. The number of nitrogens with zero attached hydrogens (tertiary/aromatic N) is 2. The van der Waals surface area contributed by atoms with Gasteiger partial charge in [0.15, 0.2) is 0 Å². The molecule has 1 saturated heterocycles. The Morgan fingerprint density at radius 1 is 0.968 bits per heavy atom. The molecule has 3 heterocycles. The highest BCUT2D eigenvalue weighted by Gasteiger charge is 2.45. The van der Waals surface area contributed by atoms with Crippen molar-refractivity contribution in [2.24, 2.45) is 11.8 Å². The topological polar surface area (TPSA) is 56.4 Å². The molecule has 2 aromatic carbocycles. The number of hydrogen-bond donors (Lipinski definition) is 1. The number of aromatic amines is 1. The zero-order valence-electron chi connectivity index (χ0n) is 18.3. The van der Waals surface area contributed by atoms with Gasteiger partial charge in [-0.05, 0) is 36.0 Å². The number of carbonyl (C=O) groups excluding carboxylic acids is 2. The highest BCUT2D eigenvalue weighted by atomic mass is 16.2. The van der Waals surface area contributed by atoms with Crippen molar-refractivity contribution in [1.29, 1.82) is 0 Å². The molecule has 1 fully saturated rings. The Kier molecular flexibility index (Phi) is 4.84. The summed E-state index contributed by atoms with van der Waals surface area (Å²) in [5.74, 6) is 0.640. The quantitative estimate of drug-likeness (QED) is 0.666. The number of likely N-dealkylation sites (N-methyl/N-ethyl adjacent to an activating group) is 1. The first-order valence-electron chi connectivity index (χ1n) is 11.2. The van der Waals surface area contributed by atoms with Gasteiger partial charge in [0.2, 0.25) is 5.91 Å². The smallest absolute Gasteiger partial charge is 0.254 e. The van der Waals surface area contributed by atoms with Gasteiger partial charge in [0, 0.05) is 48.4 Å². The first-order chi connectivity index (χ1) is 15.0. The Bertz CT molecular complexity index is 1140. The van der Waals surface area contributed by atoms with Crippen LogP contribution in [0.3, 0.4) is 0 Å².